The first-order chi connectivity index (χ1) is 20.0. The number of aromatic nitrogens is 4. The zero-order valence-corrected chi connectivity index (χ0v) is 26.0. The first-order valence-electron chi connectivity index (χ1n) is 13.7. The Labute approximate surface area is 259 Å². The SMILES string of the molecule is Cc1cc(Oc2[c-]c3c(cc2)c2ccccc2n3-c2cc(C)ccn2)[c-]c(-n2nc(C)c(-c3ccccc3)c2C)c1.[Pt+2]. The second-order valence-corrected chi connectivity index (χ2v) is 10.5. The predicted molar refractivity (Wildman–Crippen MR) is 164 cm³/mol. The largest absolute Gasteiger partial charge is 2.00 e. The van der Waals surface area contributed by atoms with Crippen molar-refractivity contribution >= 4 is 21.8 Å². The minimum atomic E-state index is 0. The summed E-state index contributed by atoms with van der Waals surface area (Å²) in [6, 6.07) is 38.0. The summed E-state index contributed by atoms with van der Waals surface area (Å²) in [4.78, 5) is 4.68. The summed E-state index contributed by atoms with van der Waals surface area (Å²) >= 11 is 0. The predicted octanol–water partition coefficient (Wildman–Crippen LogP) is 8.66. The molecule has 0 amide bonds. The van der Waals surface area contributed by atoms with E-state index in [2.05, 4.69) is 109 Å². The van der Waals surface area contributed by atoms with Gasteiger partial charge in [-0.2, -0.15) is 16.7 Å². The molecule has 0 aliphatic carbocycles. The summed E-state index contributed by atoms with van der Waals surface area (Å²) in [5, 5.41) is 7.12. The van der Waals surface area contributed by atoms with Gasteiger partial charge in [0.2, 0.25) is 0 Å². The molecule has 42 heavy (non-hydrogen) atoms. The quantitative estimate of drug-likeness (QED) is 0.167. The fraction of sp³-hybridized carbons (Fsp3) is 0.111. The third kappa shape index (κ3) is 4.84. The summed E-state index contributed by atoms with van der Waals surface area (Å²) in [5.74, 6) is 2.08. The number of para-hydroxylation sites is 1. The van der Waals surface area contributed by atoms with Crippen LogP contribution in [0, 0.1) is 39.8 Å². The van der Waals surface area contributed by atoms with Gasteiger partial charge in [0.05, 0.1) is 5.69 Å². The molecule has 0 saturated heterocycles. The van der Waals surface area contributed by atoms with Gasteiger partial charge in [0, 0.05) is 34.5 Å². The Balaban J connectivity index is 0.00000316. The van der Waals surface area contributed by atoms with E-state index >= 15 is 0 Å². The molecule has 3 aromatic heterocycles. The van der Waals surface area contributed by atoms with Gasteiger partial charge in [0.15, 0.2) is 0 Å². The molecule has 0 fully saturated rings. The molecule has 6 heteroatoms. The molecule has 5 nitrogen and oxygen atoms in total. The number of ether oxygens (including phenoxy) is 1. The van der Waals surface area contributed by atoms with Crippen LogP contribution in [0.2, 0.25) is 0 Å². The Hall–Kier alpha value is -4.47. The standard InChI is InChI=1S/C36H28N4O.Pt/c1-23-16-17-37-35(20-23)39-33-13-9-8-12-31(33)32-15-14-29(22-34(32)39)41-30-19-24(2)18-28(21-30)40-26(4)36(25(3)38-40)27-10-6-5-7-11-27;/h5-20H,1-4H3;/q-2;+2. The minimum Gasteiger partial charge on any atom is -0.509 e. The first-order valence-corrected chi connectivity index (χ1v) is 13.7. The van der Waals surface area contributed by atoms with Gasteiger partial charge in [0.1, 0.15) is 5.82 Å². The summed E-state index contributed by atoms with van der Waals surface area (Å²) in [6.07, 6.45) is 1.84. The second kappa shape index (κ2) is 11.1. The normalized spacial score (nSPS) is 11.1. The molecule has 0 radical (unpaired) electrons. The first kappa shape index (κ1) is 27.7. The van der Waals surface area contributed by atoms with Gasteiger partial charge in [-0.3, -0.25) is 4.68 Å². The summed E-state index contributed by atoms with van der Waals surface area (Å²) < 4.78 is 10.5. The number of fused-ring (bicyclic) bond motifs is 3. The molecule has 7 aromatic rings. The van der Waals surface area contributed by atoms with Gasteiger partial charge in [0.25, 0.3) is 0 Å². The number of benzene rings is 4. The number of pyridine rings is 1. The molecule has 208 valence electrons. The van der Waals surface area contributed by atoms with Gasteiger partial charge in [-0.25, -0.2) is 4.98 Å². The maximum atomic E-state index is 6.42. The van der Waals surface area contributed by atoms with Crippen LogP contribution in [0.15, 0.2) is 97.2 Å². The van der Waals surface area contributed by atoms with Crippen LogP contribution in [0.1, 0.15) is 22.5 Å². The Morgan fingerprint density at radius 3 is 2.31 bits per heavy atom. The fourth-order valence-corrected chi connectivity index (χ4v) is 5.66. The zero-order valence-electron chi connectivity index (χ0n) is 23.8. The van der Waals surface area contributed by atoms with Crippen molar-refractivity contribution in [1.82, 2.24) is 19.3 Å². The maximum Gasteiger partial charge on any atom is 2.00 e. The third-order valence-electron chi connectivity index (χ3n) is 7.46. The average Bonchev–Trinajstić information content (AvgIpc) is 3.46. The zero-order chi connectivity index (χ0) is 28.1. The Kier molecular flexibility index (Phi) is 7.30. The number of hydrogen-bond acceptors (Lipinski definition) is 3. The molecule has 0 atom stereocenters. The van der Waals surface area contributed by atoms with Crippen LogP contribution in [-0.2, 0) is 21.1 Å². The molecule has 0 unspecified atom stereocenters. The van der Waals surface area contributed by atoms with Crippen LogP contribution in [0.4, 0.5) is 0 Å². The van der Waals surface area contributed by atoms with Crippen molar-refractivity contribution in [3.8, 4) is 34.1 Å². The van der Waals surface area contributed by atoms with Crippen LogP contribution < -0.4 is 4.74 Å². The molecule has 0 aliphatic heterocycles. The molecule has 3 heterocycles. The van der Waals surface area contributed by atoms with E-state index in [-0.39, 0.29) is 21.1 Å². The Morgan fingerprint density at radius 2 is 1.50 bits per heavy atom. The van der Waals surface area contributed by atoms with Gasteiger partial charge in [-0.05, 0) is 61.2 Å². The van der Waals surface area contributed by atoms with Crippen LogP contribution in [-0.4, -0.2) is 19.3 Å². The minimum absolute atomic E-state index is 0. The Morgan fingerprint density at radius 1 is 0.714 bits per heavy atom. The maximum absolute atomic E-state index is 6.42. The van der Waals surface area contributed by atoms with Crippen molar-refractivity contribution in [2.75, 3.05) is 0 Å². The number of hydrogen-bond donors (Lipinski definition) is 0. The smallest absolute Gasteiger partial charge is 0.509 e. The van der Waals surface area contributed by atoms with E-state index in [0.717, 1.165) is 67.0 Å². The van der Waals surface area contributed by atoms with Crippen molar-refractivity contribution in [2.24, 2.45) is 0 Å². The van der Waals surface area contributed by atoms with Crippen LogP contribution >= 0.6 is 0 Å². The van der Waals surface area contributed by atoms with Crippen molar-refractivity contribution in [3.63, 3.8) is 0 Å². The van der Waals surface area contributed by atoms with Crippen LogP contribution in [0.3, 0.4) is 0 Å². The van der Waals surface area contributed by atoms with Gasteiger partial charge >= 0.3 is 21.1 Å². The van der Waals surface area contributed by atoms with Crippen molar-refractivity contribution in [2.45, 2.75) is 27.7 Å². The molecule has 0 N–H and O–H groups in total. The molecule has 0 aliphatic rings. The molecular formula is C36H28N4OPt. The average molecular weight is 728 g/mol. The molecular weight excluding hydrogens is 700 g/mol. The molecule has 0 bridgehead atoms. The van der Waals surface area contributed by atoms with Crippen LogP contribution in [0.5, 0.6) is 11.5 Å². The van der Waals surface area contributed by atoms with Crippen LogP contribution in [0.25, 0.3) is 44.4 Å². The van der Waals surface area contributed by atoms with E-state index in [9.17, 15) is 0 Å². The molecule has 0 spiro atoms. The molecule has 0 saturated carbocycles. The second-order valence-electron chi connectivity index (χ2n) is 10.5. The van der Waals surface area contributed by atoms with E-state index in [0.29, 0.717) is 11.5 Å². The summed E-state index contributed by atoms with van der Waals surface area (Å²) in [7, 11) is 0. The van der Waals surface area contributed by atoms with E-state index in [1.807, 2.05) is 42.1 Å². The number of aryl methyl sites for hydroxylation is 3. The van der Waals surface area contributed by atoms with Gasteiger partial charge < -0.3 is 9.30 Å². The van der Waals surface area contributed by atoms with Gasteiger partial charge in [-0.1, -0.05) is 61.0 Å². The fourth-order valence-electron chi connectivity index (χ4n) is 5.66. The topological polar surface area (TPSA) is 44.9 Å². The third-order valence-corrected chi connectivity index (χ3v) is 7.46. The van der Waals surface area contributed by atoms with Gasteiger partial charge in [-0.15, -0.1) is 35.7 Å². The van der Waals surface area contributed by atoms with E-state index in [1.165, 1.54) is 0 Å². The van der Waals surface area contributed by atoms with Crippen molar-refractivity contribution < 1.29 is 25.8 Å². The van der Waals surface area contributed by atoms with Crippen molar-refractivity contribution in [3.05, 3.63) is 132 Å². The monoisotopic (exact) mass is 727 g/mol. The summed E-state index contributed by atoms with van der Waals surface area (Å²) in [6.45, 7) is 8.28. The molecule has 7 rings (SSSR count). The van der Waals surface area contributed by atoms with E-state index in [4.69, 9.17) is 9.84 Å². The number of rotatable bonds is 5. The molecule has 4 aromatic carbocycles. The van der Waals surface area contributed by atoms with Crippen molar-refractivity contribution in [1.29, 1.82) is 0 Å². The van der Waals surface area contributed by atoms with E-state index in [1.54, 1.807) is 0 Å². The number of nitrogens with zero attached hydrogens (tertiary/aromatic N) is 4. The summed E-state index contributed by atoms with van der Waals surface area (Å²) in [5.41, 5.74) is 9.36. The Bertz CT molecular complexity index is 2070. The van der Waals surface area contributed by atoms with E-state index < -0.39 is 0 Å².